The Balaban J connectivity index is 1.53. The van der Waals surface area contributed by atoms with Gasteiger partial charge in [0.05, 0.1) is 17.1 Å². The maximum Gasteiger partial charge on any atom is 0.331 e. The molecule has 2 aromatic carbocycles. The fraction of sp³-hybridized carbons (Fsp3) is 0.0909. The maximum atomic E-state index is 13.5. The number of aromatic nitrogens is 2. The van der Waals surface area contributed by atoms with Gasteiger partial charge in [0.2, 0.25) is 0 Å². The Morgan fingerprint density at radius 1 is 1.12 bits per heavy atom. The molecular weight excluding hydrogens is 439 g/mol. The van der Waals surface area contributed by atoms with Crippen molar-refractivity contribution in [3.05, 3.63) is 82.9 Å². The molecule has 0 saturated carbocycles. The van der Waals surface area contributed by atoms with Gasteiger partial charge in [0.15, 0.2) is 6.61 Å². The van der Waals surface area contributed by atoms with Crippen LogP contribution in [0.5, 0.6) is 0 Å². The fourth-order valence-corrected chi connectivity index (χ4v) is 2.99. The summed E-state index contributed by atoms with van der Waals surface area (Å²) in [6.45, 7) is 1.03. The van der Waals surface area contributed by atoms with Crippen LogP contribution in [0.4, 0.5) is 14.9 Å². The average Bonchev–Trinajstić information content (AvgIpc) is 3.06. The first-order chi connectivity index (χ1) is 15.3. The van der Waals surface area contributed by atoms with Crippen molar-refractivity contribution in [1.29, 1.82) is 0 Å². The van der Waals surface area contributed by atoms with Gasteiger partial charge in [0.1, 0.15) is 11.0 Å². The van der Waals surface area contributed by atoms with E-state index in [1.54, 1.807) is 6.92 Å². The van der Waals surface area contributed by atoms with Gasteiger partial charge in [-0.3, -0.25) is 10.1 Å². The highest BCUT2D eigenvalue weighted by atomic mass is 35.5. The van der Waals surface area contributed by atoms with Gasteiger partial charge >= 0.3 is 12.0 Å². The zero-order valence-electron chi connectivity index (χ0n) is 16.8. The van der Waals surface area contributed by atoms with Gasteiger partial charge in [0.25, 0.3) is 5.91 Å². The van der Waals surface area contributed by atoms with E-state index in [1.807, 2.05) is 35.6 Å². The Morgan fingerprint density at radius 3 is 2.53 bits per heavy atom. The van der Waals surface area contributed by atoms with Gasteiger partial charge in [-0.1, -0.05) is 41.9 Å². The minimum atomic E-state index is -0.956. The first kappa shape index (κ1) is 22.7. The number of imide groups is 1. The Kier molecular flexibility index (Phi) is 7.35. The quantitative estimate of drug-likeness (QED) is 0.433. The molecule has 0 aliphatic rings. The smallest absolute Gasteiger partial charge is 0.331 e. The van der Waals surface area contributed by atoms with Gasteiger partial charge in [-0.25, -0.2) is 18.7 Å². The summed E-state index contributed by atoms with van der Waals surface area (Å²) in [5.74, 6) is -2.36. The Labute approximate surface area is 187 Å². The molecule has 0 spiro atoms. The van der Waals surface area contributed by atoms with Crippen LogP contribution in [0, 0.1) is 12.7 Å². The van der Waals surface area contributed by atoms with Crippen molar-refractivity contribution < 1.29 is 23.5 Å². The van der Waals surface area contributed by atoms with E-state index in [4.69, 9.17) is 16.3 Å². The Hall–Kier alpha value is -3.98. The number of amides is 3. The number of benzene rings is 2. The summed E-state index contributed by atoms with van der Waals surface area (Å²) < 4.78 is 19.8. The molecule has 8 nitrogen and oxygen atoms in total. The predicted octanol–water partition coefficient (Wildman–Crippen LogP) is 3.88. The molecule has 1 aromatic heterocycles. The summed E-state index contributed by atoms with van der Waals surface area (Å²) in [7, 11) is 0. The van der Waals surface area contributed by atoms with E-state index in [9.17, 15) is 18.8 Å². The lowest BCUT2D eigenvalue weighted by molar-refractivity contribution is -0.143. The summed E-state index contributed by atoms with van der Waals surface area (Å²) in [4.78, 5) is 35.4. The highest BCUT2D eigenvalue weighted by Crippen LogP contribution is 2.24. The van der Waals surface area contributed by atoms with Crippen LogP contribution in [0.1, 0.15) is 11.3 Å². The van der Waals surface area contributed by atoms with Crippen LogP contribution < -0.4 is 10.6 Å². The molecule has 3 aromatic rings. The standard InChI is InChI=1S/C22H18ClFN4O4/c1-14-16(21(23)28(27-14)15-7-3-2-4-8-15)11-12-20(30)32-13-19(29)26-22(31)25-18-10-6-5-9-17(18)24/h2-12H,13H2,1H3,(H2,25,26,29,31)/b12-11+. The van der Waals surface area contributed by atoms with E-state index in [2.05, 4.69) is 10.4 Å². The van der Waals surface area contributed by atoms with E-state index in [0.717, 1.165) is 17.8 Å². The van der Waals surface area contributed by atoms with E-state index in [0.29, 0.717) is 16.4 Å². The number of rotatable bonds is 6. The lowest BCUT2D eigenvalue weighted by atomic mass is 10.2. The molecule has 3 rings (SSSR count). The van der Waals surface area contributed by atoms with Gasteiger partial charge < -0.3 is 10.1 Å². The van der Waals surface area contributed by atoms with Crippen molar-refractivity contribution >= 4 is 41.3 Å². The van der Waals surface area contributed by atoms with Crippen LogP contribution in [0.15, 0.2) is 60.7 Å². The third kappa shape index (κ3) is 5.79. The molecule has 0 aliphatic heterocycles. The Morgan fingerprint density at radius 2 is 1.81 bits per heavy atom. The van der Waals surface area contributed by atoms with Crippen molar-refractivity contribution in [1.82, 2.24) is 15.1 Å². The number of anilines is 1. The molecule has 0 unspecified atom stereocenters. The highest BCUT2D eigenvalue weighted by molar-refractivity contribution is 6.31. The Bertz CT molecular complexity index is 1180. The van der Waals surface area contributed by atoms with Crippen LogP contribution in [-0.4, -0.2) is 34.3 Å². The predicted molar refractivity (Wildman–Crippen MR) is 117 cm³/mol. The van der Waals surface area contributed by atoms with Crippen LogP contribution >= 0.6 is 11.6 Å². The number of nitrogens with zero attached hydrogens (tertiary/aromatic N) is 2. The number of para-hydroxylation sites is 2. The van der Waals surface area contributed by atoms with Crippen molar-refractivity contribution in [2.75, 3.05) is 11.9 Å². The topological polar surface area (TPSA) is 102 Å². The summed E-state index contributed by atoms with van der Waals surface area (Å²) in [5, 5.41) is 8.77. The van der Waals surface area contributed by atoms with E-state index >= 15 is 0 Å². The molecule has 32 heavy (non-hydrogen) atoms. The summed E-state index contributed by atoms with van der Waals surface area (Å²) in [5.41, 5.74) is 1.76. The van der Waals surface area contributed by atoms with Gasteiger partial charge in [-0.2, -0.15) is 5.10 Å². The number of nitrogens with one attached hydrogen (secondary N) is 2. The number of hydrogen-bond donors (Lipinski definition) is 2. The molecule has 0 radical (unpaired) electrons. The first-order valence-corrected chi connectivity index (χ1v) is 9.73. The molecule has 3 amide bonds. The number of carbonyl (C=O) groups excluding carboxylic acids is 3. The number of urea groups is 1. The number of aryl methyl sites for hydroxylation is 1. The number of hydrogen-bond acceptors (Lipinski definition) is 5. The van der Waals surface area contributed by atoms with Crippen LogP contribution in [0.3, 0.4) is 0 Å². The number of halogens is 2. The van der Waals surface area contributed by atoms with Crippen LogP contribution in [0.2, 0.25) is 5.15 Å². The molecule has 0 fully saturated rings. The second-order valence-electron chi connectivity index (χ2n) is 6.46. The molecule has 0 bridgehead atoms. The maximum absolute atomic E-state index is 13.5. The number of esters is 1. The largest absolute Gasteiger partial charge is 0.452 e. The molecule has 0 saturated heterocycles. The molecular formula is C22H18ClFN4O4. The van der Waals surface area contributed by atoms with Crippen LogP contribution in [-0.2, 0) is 14.3 Å². The zero-order chi connectivity index (χ0) is 23.1. The molecule has 10 heteroatoms. The third-order valence-electron chi connectivity index (χ3n) is 4.16. The second-order valence-corrected chi connectivity index (χ2v) is 6.82. The first-order valence-electron chi connectivity index (χ1n) is 9.36. The lowest BCUT2D eigenvalue weighted by Gasteiger charge is -2.07. The van der Waals surface area contributed by atoms with E-state index in [-0.39, 0.29) is 5.69 Å². The molecule has 1 heterocycles. The minimum absolute atomic E-state index is 0.0963. The van der Waals surface area contributed by atoms with Crippen molar-refractivity contribution in [3.63, 3.8) is 0 Å². The van der Waals surface area contributed by atoms with E-state index in [1.165, 1.54) is 29.0 Å². The number of carbonyl (C=O) groups is 3. The molecule has 2 N–H and O–H groups in total. The lowest BCUT2D eigenvalue weighted by Crippen LogP contribution is -2.37. The third-order valence-corrected chi connectivity index (χ3v) is 4.52. The summed E-state index contributed by atoms with van der Waals surface area (Å²) in [6.07, 6.45) is 2.52. The number of ether oxygens (including phenoxy) is 1. The van der Waals surface area contributed by atoms with E-state index < -0.39 is 30.3 Å². The fourth-order valence-electron chi connectivity index (χ4n) is 2.66. The molecule has 164 valence electrons. The zero-order valence-corrected chi connectivity index (χ0v) is 17.6. The SMILES string of the molecule is Cc1nn(-c2ccccc2)c(Cl)c1/C=C/C(=O)OCC(=O)NC(=O)Nc1ccccc1F. The molecule has 0 atom stereocenters. The highest BCUT2D eigenvalue weighted by Gasteiger charge is 2.14. The van der Waals surface area contributed by atoms with Crippen LogP contribution in [0.25, 0.3) is 11.8 Å². The van der Waals surface area contributed by atoms with Crippen molar-refractivity contribution in [2.45, 2.75) is 6.92 Å². The summed E-state index contributed by atoms with van der Waals surface area (Å²) in [6, 6.07) is 13.7. The van der Waals surface area contributed by atoms with Crippen molar-refractivity contribution in [2.24, 2.45) is 0 Å². The normalized spacial score (nSPS) is 10.7. The van der Waals surface area contributed by atoms with Gasteiger partial charge in [-0.15, -0.1) is 0 Å². The van der Waals surface area contributed by atoms with Gasteiger partial charge in [-0.05, 0) is 37.3 Å². The average molecular weight is 457 g/mol. The summed E-state index contributed by atoms with van der Waals surface area (Å²) >= 11 is 6.37. The van der Waals surface area contributed by atoms with Crippen molar-refractivity contribution in [3.8, 4) is 5.69 Å². The monoisotopic (exact) mass is 456 g/mol. The molecule has 0 aliphatic carbocycles. The minimum Gasteiger partial charge on any atom is -0.452 e. The second kappa shape index (κ2) is 10.4. The van der Waals surface area contributed by atoms with Gasteiger partial charge in [0, 0.05) is 11.6 Å².